The van der Waals surface area contributed by atoms with Gasteiger partial charge in [-0.25, -0.2) is 18.1 Å². The van der Waals surface area contributed by atoms with Crippen LogP contribution in [0.5, 0.6) is 0 Å². The van der Waals surface area contributed by atoms with Gasteiger partial charge in [0.15, 0.2) is 9.84 Å². The van der Waals surface area contributed by atoms with Crippen LogP contribution in [-0.4, -0.2) is 58.9 Å². The van der Waals surface area contributed by atoms with E-state index in [9.17, 15) is 21.6 Å². The van der Waals surface area contributed by atoms with Crippen molar-refractivity contribution in [2.75, 3.05) is 18.6 Å². The Morgan fingerprint density at radius 2 is 2.10 bits per heavy atom. The van der Waals surface area contributed by atoms with Crippen LogP contribution < -0.4 is 0 Å². The highest BCUT2D eigenvalue weighted by Gasteiger charge is 2.33. The van der Waals surface area contributed by atoms with E-state index < -0.39 is 22.6 Å². The lowest BCUT2D eigenvalue weighted by Crippen LogP contribution is -2.33. The predicted molar refractivity (Wildman–Crippen MR) is 69.3 cm³/mol. The van der Waals surface area contributed by atoms with Crippen molar-refractivity contribution in [1.29, 1.82) is 0 Å². The Bertz CT molecular complexity index is 611. The van der Waals surface area contributed by atoms with Gasteiger partial charge in [-0.2, -0.15) is 18.3 Å². The predicted octanol–water partition coefficient (Wildman–Crippen LogP) is 0.768. The summed E-state index contributed by atoms with van der Waals surface area (Å²) in [6, 6.07) is -0.189. The fourth-order valence-electron chi connectivity index (χ4n) is 2.39. The van der Waals surface area contributed by atoms with Gasteiger partial charge in [0.2, 0.25) is 0 Å². The van der Waals surface area contributed by atoms with Gasteiger partial charge in [0, 0.05) is 6.04 Å². The lowest BCUT2D eigenvalue weighted by atomic mass is 10.2. The lowest BCUT2D eigenvalue weighted by Gasteiger charge is -2.22. The second-order valence-corrected chi connectivity index (χ2v) is 7.55. The molecule has 1 aromatic rings. The summed E-state index contributed by atoms with van der Waals surface area (Å²) in [6.07, 6.45) is -3.88. The maximum Gasteiger partial charge on any atom is 0.408 e. The molecule has 0 aliphatic carbocycles. The van der Waals surface area contributed by atoms with Crippen LogP contribution in [0.1, 0.15) is 18.1 Å². The molecule has 1 aromatic heterocycles. The highest BCUT2D eigenvalue weighted by molar-refractivity contribution is 7.91. The van der Waals surface area contributed by atoms with Crippen LogP contribution in [-0.2, 0) is 22.9 Å². The van der Waals surface area contributed by atoms with E-state index in [1.807, 2.05) is 0 Å². The molecule has 10 heteroatoms. The van der Waals surface area contributed by atoms with Crippen molar-refractivity contribution >= 4 is 9.84 Å². The summed E-state index contributed by atoms with van der Waals surface area (Å²) >= 11 is 0. The summed E-state index contributed by atoms with van der Waals surface area (Å²) < 4.78 is 61.2. The Balaban J connectivity index is 2.09. The zero-order chi connectivity index (χ0) is 15.8. The second-order valence-electron chi connectivity index (χ2n) is 5.32. The molecule has 0 N–H and O–H groups in total. The summed E-state index contributed by atoms with van der Waals surface area (Å²) in [5, 5.41) is 3.74. The number of aromatic nitrogens is 3. The first-order chi connectivity index (χ1) is 9.56. The molecule has 120 valence electrons. The third-order valence-electron chi connectivity index (χ3n) is 3.41. The topological polar surface area (TPSA) is 68.1 Å². The Morgan fingerprint density at radius 3 is 2.62 bits per heavy atom. The number of nitrogens with zero attached hydrogens (tertiary/aromatic N) is 4. The first kappa shape index (κ1) is 16.2. The largest absolute Gasteiger partial charge is 0.408 e. The average Bonchev–Trinajstić information content (AvgIpc) is 2.80. The summed E-state index contributed by atoms with van der Waals surface area (Å²) in [4.78, 5) is 5.73. The van der Waals surface area contributed by atoms with E-state index in [-0.39, 0.29) is 35.7 Å². The van der Waals surface area contributed by atoms with Crippen LogP contribution >= 0.6 is 0 Å². The Hall–Kier alpha value is -1.16. The highest BCUT2D eigenvalue weighted by Crippen LogP contribution is 2.20. The lowest BCUT2D eigenvalue weighted by molar-refractivity contribution is -0.143. The van der Waals surface area contributed by atoms with Gasteiger partial charge in [-0.15, -0.1) is 0 Å². The molecule has 6 nitrogen and oxygen atoms in total. The van der Waals surface area contributed by atoms with Crippen molar-refractivity contribution in [2.45, 2.75) is 38.7 Å². The monoisotopic (exact) mass is 326 g/mol. The van der Waals surface area contributed by atoms with E-state index in [4.69, 9.17) is 0 Å². The molecule has 1 fully saturated rings. The summed E-state index contributed by atoms with van der Waals surface area (Å²) in [6.45, 7) is 0.466. The molecular weight excluding hydrogens is 309 g/mol. The number of halogens is 3. The third-order valence-corrected chi connectivity index (χ3v) is 5.16. The van der Waals surface area contributed by atoms with Crippen LogP contribution in [0.3, 0.4) is 0 Å². The summed E-state index contributed by atoms with van der Waals surface area (Å²) in [7, 11) is -1.34. The maximum absolute atomic E-state index is 12.5. The van der Waals surface area contributed by atoms with Crippen LogP contribution in [0.15, 0.2) is 0 Å². The van der Waals surface area contributed by atoms with Gasteiger partial charge in [0.05, 0.1) is 18.1 Å². The molecule has 1 aliphatic rings. The van der Waals surface area contributed by atoms with Gasteiger partial charge < -0.3 is 0 Å². The summed E-state index contributed by atoms with van der Waals surface area (Å²) in [5.41, 5.74) is 0. The average molecular weight is 326 g/mol. The molecule has 2 heterocycles. The van der Waals surface area contributed by atoms with E-state index in [1.54, 1.807) is 11.9 Å². The third kappa shape index (κ3) is 4.40. The number of hydrogen-bond acceptors (Lipinski definition) is 5. The molecule has 0 radical (unpaired) electrons. The van der Waals surface area contributed by atoms with Crippen LogP contribution in [0.25, 0.3) is 0 Å². The fraction of sp³-hybridized carbons (Fsp3) is 0.818. The minimum atomic E-state index is -4.37. The van der Waals surface area contributed by atoms with Gasteiger partial charge >= 0.3 is 6.18 Å². The Labute approximate surface area is 120 Å². The molecular formula is C11H17F3N4O2S. The normalized spacial score (nSPS) is 22.1. The first-order valence-electron chi connectivity index (χ1n) is 6.43. The number of sulfone groups is 1. The van der Waals surface area contributed by atoms with E-state index in [2.05, 4.69) is 10.1 Å². The van der Waals surface area contributed by atoms with Gasteiger partial charge in [-0.1, -0.05) is 0 Å². The minimum absolute atomic E-state index is 0.0376. The Kier molecular flexibility index (Phi) is 4.29. The number of hydrogen-bond donors (Lipinski definition) is 0. The molecule has 0 aromatic carbocycles. The Morgan fingerprint density at radius 1 is 1.43 bits per heavy atom. The van der Waals surface area contributed by atoms with Gasteiger partial charge in [-0.05, 0) is 20.4 Å². The van der Waals surface area contributed by atoms with Crippen LogP contribution in [0.4, 0.5) is 13.2 Å². The van der Waals surface area contributed by atoms with Gasteiger partial charge in [-0.3, -0.25) is 4.90 Å². The number of alkyl halides is 3. The molecule has 0 bridgehead atoms. The standard InChI is InChI=1S/C11H17F3N4O2S/c1-8-15-10(18(16-8)7-11(12,13)14)5-17(2)9-3-4-21(19,20)6-9/h9H,3-7H2,1-2H3/t9-/m0/s1. The van der Waals surface area contributed by atoms with Gasteiger partial charge in [0.1, 0.15) is 18.2 Å². The van der Waals surface area contributed by atoms with Crippen LogP contribution in [0, 0.1) is 6.92 Å². The summed E-state index contributed by atoms with van der Waals surface area (Å²) in [5.74, 6) is 0.616. The molecule has 0 amide bonds. The molecule has 2 rings (SSSR count). The minimum Gasteiger partial charge on any atom is -0.295 e. The number of rotatable bonds is 4. The molecule has 1 aliphatic heterocycles. The molecule has 1 saturated heterocycles. The van der Waals surface area contributed by atoms with E-state index in [1.165, 1.54) is 6.92 Å². The van der Waals surface area contributed by atoms with E-state index in [0.717, 1.165) is 4.68 Å². The van der Waals surface area contributed by atoms with Gasteiger partial charge in [0.25, 0.3) is 0 Å². The maximum atomic E-state index is 12.5. The van der Waals surface area contributed by atoms with Crippen molar-refractivity contribution < 1.29 is 21.6 Å². The van der Waals surface area contributed by atoms with E-state index in [0.29, 0.717) is 6.42 Å². The quantitative estimate of drug-likeness (QED) is 0.817. The molecule has 21 heavy (non-hydrogen) atoms. The highest BCUT2D eigenvalue weighted by atomic mass is 32.2. The molecule has 0 spiro atoms. The molecule has 1 atom stereocenters. The molecule has 0 saturated carbocycles. The zero-order valence-electron chi connectivity index (χ0n) is 11.8. The number of aryl methyl sites for hydroxylation is 1. The van der Waals surface area contributed by atoms with E-state index >= 15 is 0 Å². The zero-order valence-corrected chi connectivity index (χ0v) is 12.6. The molecule has 0 unspecified atom stereocenters. The van der Waals surface area contributed by atoms with Crippen LogP contribution in [0.2, 0.25) is 0 Å². The van der Waals surface area contributed by atoms with Crippen molar-refractivity contribution in [3.05, 3.63) is 11.6 Å². The fourth-order valence-corrected chi connectivity index (χ4v) is 4.19. The van der Waals surface area contributed by atoms with Crippen molar-refractivity contribution in [3.63, 3.8) is 0 Å². The van der Waals surface area contributed by atoms with Crippen molar-refractivity contribution in [2.24, 2.45) is 0 Å². The SMILES string of the molecule is Cc1nc(CN(C)[C@H]2CCS(=O)(=O)C2)n(CC(F)(F)F)n1. The van der Waals surface area contributed by atoms with Crippen molar-refractivity contribution in [3.8, 4) is 0 Å². The second kappa shape index (κ2) is 5.56. The smallest absolute Gasteiger partial charge is 0.295 e. The van der Waals surface area contributed by atoms with Crippen molar-refractivity contribution in [1.82, 2.24) is 19.7 Å². The first-order valence-corrected chi connectivity index (χ1v) is 8.25.